The highest BCUT2D eigenvalue weighted by Crippen LogP contribution is 2.29. The minimum absolute atomic E-state index is 0.0817. The van der Waals surface area contributed by atoms with Gasteiger partial charge in [-0.2, -0.15) is 0 Å². The molecule has 10 heteroatoms. The molecule has 0 fully saturated rings. The van der Waals surface area contributed by atoms with Gasteiger partial charge in [0.15, 0.2) is 5.69 Å². The Morgan fingerprint density at radius 2 is 1.96 bits per heavy atom. The van der Waals surface area contributed by atoms with E-state index < -0.39 is 20.9 Å². The van der Waals surface area contributed by atoms with Crippen molar-refractivity contribution < 1.29 is 22.7 Å². The number of amides is 1. The maximum Gasteiger partial charge on any atom is 0.276 e. The zero-order valence-corrected chi connectivity index (χ0v) is 14.6. The van der Waals surface area contributed by atoms with Gasteiger partial charge in [0.2, 0.25) is 15.0 Å². The zero-order valence-electron chi connectivity index (χ0n) is 13.0. The largest absolute Gasteiger partial charge is 0.497 e. The number of methoxy groups -OCH3 is 2. The van der Waals surface area contributed by atoms with E-state index in [1.807, 2.05) is 0 Å². The van der Waals surface area contributed by atoms with Gasteiger partial charge in [-0.1, -0.05) is 11.6 Å². The van der Waals surface area contributed by atoms with Crippen molar-refractivity contribution in [3.63, 3.8) is 0 Å². The monoisotopic (exact) mass is 371 g/mol. The number of carbonyl (C=O) groups is 1. The Kier molecular flexibility index (Phi) is 5.25. The quantitative estimate of drug-likeness (QED) is 0.798. The van der Waals surface area contributed by atoms with Crippen molar-refractivity contribution in [2.24, 2.45) is 0 Å². The van der Waals surface area contributed by atoms with Gasteiger partial charge in [-0.15, -0.1) is 0 Å². The average Bonchev–Trinajstić information content (AvgIpc) is 2.53. The second-order valence-electron chi connectivity index (χ2n) is 4.64. The van der Waals surface area contributed by atoms with Gasteiger partial charge in [0, 0.05) is 12.3 Å². The highest BCUT2D eigenvalue weighted by Gasteiger charge is 2.20. The van der Waals surface area contributed by atoms with E-state index in [9.17, 15) is 13.2 Å². The van der Waals surface area contributed by atoms with E-state index >= 15 is 0 Å². The predicted molar refractivity (Wildman–Crippen MR) is 87.7 cm³/mol. The molecule has 0 aliphatic carbocycles. The number of benzene rings is 1. The minimum Gasteiger partial charge on any atom is -0.497 e. The number of hydrogen-bond donors (Lipinski definition) is 1. The molecule has 2 aromatic rings. The van der Waals surface area contributed by atoms with Gasteiger partial charge in [-0.05, 0) is 12.1 Å². The van der Waals surface area contributed by atoms with Crippen molar-refractivity contribution in [1.82, 2.24) is 9.97 Å². The van der Waals surface area contributed by atoms with E-state index in [1.165, 1.54) is 14.2 Å². The average molecular weight is 372 g/mol. The first kappa shape index (κ1) is 18.0. The van der Waals surface area contributed by atoms with Crippen LogP contribution in [0.1, 0.15) is 10.5 Å². The molecule has 1 aromatic heterocycles. The maximum atomic E-state index is 12.4. The molecule has 0 aliphatic rings. The number of carbonyl (C=O) groups excluding carboxylic acids is 1. The van der Waals surface area contributed by atoms with Gasteiger partial charge < -0.3 is 14.8 Å². The van der Waals surface area contributed by atoms with Gasteiger partial charge in [-0.25, -0.2) is 18.4 Å². The first-order chi connectivity index (χ1) is 11.3. The Labute approximate surface area is 143 Å². The molecular weight excluding hydrogens is 358 g/mol. The second-order valence-corrected chi connectivity index (χ2v) is 6.96. The molecule has 0 unspecified atom stereocenters. The number of aromatic nitrogens is 2. The number of sulfone groups is 1. The lowest BCUT2D eigenvalue weighted by Crippen LogP contribution is -2.17. The lowest BCUT2D eigenvalue weighted by atomic mass is 10.2. The lowest BCUT2D eigenvalue weighted by Gasteiger charge is -2.12. The normalized spacial score (nSPS) is 11.0. The third-order valence-electron chi connectivity index (χ3n) is 2.92. The summed E-state index contributed by atoms with van der Waals surface area (Å²) in [4.78, 5) is 19.7. The van der Waals surface area contributed by atoms with Crippen molar-refractivity contribution in [3.8, 4) is 11.5 Å². The summed E-state index contributed by atoms with van der Waals surface area (Å²) in [6.45, 7) is 0. The van der Waals surface area contributed by atoms with Crippen molar-refractivity contribution >= 4 is 33.0 Å². The summed E-state index contributed by atoms with van der Waals surface area (Å²) >= 11 is 5.90. The smallest absolute Gasteiger partial charge is 0.276 e. The highest BCUT2D eigenvalue weighted by atomic mass is 35.5. The number of halogens is 1. The van der Waals surface area contributed by atoms with Gasteiger partial charge in [0.1, 0.15) is 11.5 Å². The molecular formula is C14H14ClN3O5S. The van der Waals surface area contributed by atoms with Crippen LogP contribution in [0.5, 0.6) is 11.5 Å². The van der Waals surface area contributed by atoms with Crippen LogP contribution in [0, 0.1) is 0 Å². The van der Waals surface area contributed by atoms with Crippen LogP contribution >= 0.6 is 11.6 Å². The van der Waals surface area contributed by atoms with Crippen LogP contribution in [-0.2, 0) is 9.84 Å². The lowest BCUT2D eigenvalue weighted by molar-refractivity contribution is 0.102. The van der Waals surface area contributed by atoms with Crippen LogP contribution in [0.4, 0.5) is 5.69 Å². The van der Waals surface area contributed by atoms with E-state index in [4.69, 9.17) is 21.1 Å². The van der Waals surface area contributed by atoms with Crippen LogP contribution in [0.3, 0.4) is 0 Å². The number of nitrogens with zero attached hydrogens (tertiary/aromatic N) is 2. The summed E-state index contributed by atoms with van der Waals surface area (Å²) in [6, 6.07) is 4.81. The molecule has 0 saturated carbocycles. The predicted octanol–water partition coefficient (Wildman–Crippen LogP) is 1.80. The Balaban J connectivity index is 2.40. The molecule has 1 N–H and O–H groups in total. The van der Waals surface area contributed by atoms with Gasteiger partial charge >= 0.3 is 0 Å². The summed E-state index contributed by atoms with van der Waals surface area (Å²) in [5.41, 5.74) is 0.0504. The van der Waals surface area contributed by atoms with Crippen molar-refractivity contribution in [2.75, 3.05) is 25.8 Å². The fourth-order valence-electron chi connectivity index (χ4n) is 1.78. The van der Waals surface area contributed by atoms with Crippen molar-refractivity contribution in [2.45, 2.75) is 5.16 Å². The summed E-state index contributed by atoms with van der Waals surface area (Å²) < 4.78 is 33.3. The van der Waals surface area contributed by atoms with Crippen LogP contribution in [0.25, 0.3) is 0 Å². The molecule has 1 aromatic carbocycles. The highest BCUT2D eigenvalue weighted by molar-refractivity contribution is 7.90. The Hall–Kier alpha value is -2.39. The zero-order chi connectivity index (χ0) is 17.9. The Bertz CT molecular complexity index is 886. The fourth-order valence-corrected chi connectivity index (χ4v) is 2.46. The number of ether oxygens (including phenoxy) is 2. The molecule has 1 heterocycles. The number of hydrogen-bond acceptors (Lipinski definition) is 7. The number of nitrogens with one attached hydrogen (secondary N) is 1. The molecule has 0 bridgehead atoms. The van der Waals surface area contributed by atoms with Gasteiger partial charge in [0.05, 0.1) is 31.1 Å². The molecule has 0 saturated heterocycles. The van der Waals surface area contributed by atoms with E-state index in [0.29, 0.717) is 17.2 Å². The van der Waals surface area contributed by atoms with Crippen molar-refractivity contribution in [1.29, 1.82) is 0 Å². The Morgan fingerprint density at radius 3 is 2.54 bits per heavy atom. The molecule has 0 aliphatic heterocycles. The third-order valence-corrected chi connectivity index (χ3v) is 4.06. The maximum absolute atomic E-state index is 12.4. The molecule has 8 nitrogen and oxygen atoms in total. The van der Waals surface area contributed by atoms with Gasteiger partial charge in [0.25, 0.3) is 5.91 Å². The summed E-state index contributed by atoms with van der Waals surface area (Å²) in [6.07, 6.45) is 1.99. The Morgan fingerprint density at radius 1 is 1.25 bits per heavy atom. The first-order valence-corrected chi connectivity index (χ1v) is 8.79. The fraction of sp³-hybridized carbons (Fsp3) is 0.214. The van der Waals surface area contributed by atoms with Crippen LogP contribution in [-0.4, -0.2) is 44.8 Å². The third kappa shape index (κ3) is 3.92. The van der Waals surface area contributed by atoms with E-state index in [1.54, 1.807) is 18.2 Å². The SMILES string of the molecule is COc1ccc(OC)c(NC(=O)c2nc(S(C)(=O)=O)ncc2Cl)c1. The van der Waals surface area contributed by atoms with Crippen LogP contribution in [0.2, 0.25) is 5.02 Å². The summed E-state index contributed by atoms with van der Waals surface area (Å²) in [7, 11) is -0.757. The molecule has 2 rings (SSSR count). The van der Waals surface area contributed by atoms with Crippen LogP contribution in [0.15, 0.2) is 29.6 Å². The molecule has 24 heavy (non-hydrogen) atoms. The molecule has 0 atom stereocenters. The summed E-state index contributed by atoms with van der Waals surface area (Å²) in [5, 5.41) is 1.99. The molecule has 0 radical (unpaired) electrons. The molecule has 1 amide bonds. The van der Waals surface area contributed by atoms with E-state index in [-0.39, 0.29) is 10.7 Å². The molecule has 0 spiro atoms. The molecule has 128 valence electrons. The topological polar surface area (TPSA) is 107 Å². The number of rotatable bonds is 5. The second kappa shape index (κ2) is 7.02. The van der Waals surface area contributed by atoms with Gasteiger partial charge in [-0.3, -0.25) is 4.79 Å². The van der Waals surface area contributed by atoms with Crippen LogP contribution < -0.4 is 14.8 Å². The van der Waals surface area contributed by atoms with E-state index in [2.05, 4.69) is 15.3 Å². The standard InChI is InChI=1S/C14H14ClN3O5S/c1-22-8-4-5-11(23-2)10(6-8)17-13(19)12-9(15)7-16-14(18-12)24(3,20)21/h4-7H,1-3H3,(H,17,19). The minimum atomic E-state index is -3.68. The first-order valence-electron chi connectivity index (χ1n) is 6.52. The van der Waals surface area contributed by atoms with E-state index in [0.717, 1.165) is 12.5 Å². The van der Waals surface area contributed by atoms with Crippen molar-refractivity contribution in [3.05, 3.63) is 35.1 Å². The number of anilines is 1. The summed E-state index contributed by atoms with van der Waals surface area (Å²) in [5.74, 6) is 0.174.